The molecule has 1 amide bonds. The SMILES string of the molecule is O=C(O)C(Cn1ccc(C(F)(F)F)n1)NC(=O)C(F)(F)F. The highest BCUT2D eigenvalue weighted by Gasteiger charge is 2.41. The molecule has 0 saturated heterocycles. The van der Waals surface area contributed by atoms with Crippen LogP contribution in [0.15, 0.2) is 12.3 Å². The Morgan fingerprint density at radius 2 is 1.86 bits per heavy atom. The van der Waals surface area contributed by atoms with Gasteiger partial charge < -0.3 is 10.4 Å². The highest BCUT2D eigenvalue weighted by atomic mass is 19.4. The minimum Gasteiger partial charge on any atom is -0.480 e. The average Bonchev–Trinajstić information content (AvgIpc) is 2.74. The lowest BCUT2D eigenvalue weighted by molar-refractivity contribution is -0.175. The fourth-order valence-corrected chi connectivity index (χ4v) is 1.23. The molecule has 1 aromatic rings. The van der Waals surface area contributed by atoms with Crippen LogP contribution in [0.1, 0.15) is 5.69 Å². The van der Waals surface area contributed by atoms with Gasteiger partial charge in [0.2, 0.25) is 0 Å². The highest BCUT2D eigenvalue weighted by molar-refractivity contribution is 5.86. The van der Waals surface area contributed by atoms with Crippen LogP contribution >= 0.6 is 0 Å². The van der Waals surface area contributed by atoms with Crippen LogP contribution in [-0.2, 0) is 22.3 Å². The molecule has 1 unspecified atom stereocenters. The monoisotopic (exact) mass is 319 g/mol. The van der Waals surface area contributed by atoms with Gasteiger partial charge in [-0.3, -0.25) is 9.48 Å². The first-order chi connectivity index (χ1) is 9.41. The summed E-state index contributed by atoms with van der Waals surface area (Å²) in [5.74, 6) is -4.37. The Morgan fingerprint density at radius 1 is 1.29 bits per heavy atom. The zero-order chi connectivity index (χ0) is 16.4. The van der Waals surface area contributed by atoms with Crippen LogP contribution in [0.4, 0.5) is 26.3 Å². The molecule has 21 heavy (non-hydrogen) atoms. The second kappa shape index (κ2) is 5.61. The third kappa shape index (κ3) is 4.65. The van der Waals surface area contributed by atoms with Crippen molar-refractivity contribution in [3.8, 4) is 0 Å². The maximum absolute atomic E-state index is 12.3. The predicted molar refractivity (Wildman–Crippen MR) is 52.9 cm³/mol. The van der Waals surface area contributed by atoms with E-state index in [9.17, 15) is 35.9 Å². The number of alkyl halides is 6. The highest BCUT2D eigenvalue weighted by Crippen LogP contribution is 2.27. The Labute approximate surface area is 112 Å². The summed E-state index contributed by atoms with van der Waals surface area (Å²) in [6.07, 6.45) is -9.35. The van der Waals surface area contributed by atoms with Crippen molar-refractivity contribution in [1.82, 2.24) is 15.1 Å². The largest absolute Gasteiger partial charge is 0.480 e. The molecule has 0 radical (unpaired) electrons. The van der Waals surface area contributed by atoms with Crippen molar-refractivity contribution in [3.05, 3.63) is 18.0 Å². The fraction of sp³-hybridized carbons (Fsp3) is 0.444. The van der Waals surface area contributed by atoms with E-state index in [1.165, 1.54) is 0 Å². The van der Waals surface area contributed by atoms with Crippen molar-refractivity contribution in [3.63, 3.8) is 0 Å². The summed E-state index contributed by atoms with van der Waals surface area (Å²) in [5, 5.41) is 12.8. The van der Waals surface area contributed by atoms with Gasteiger partial charge in [0.25, 0.3) is 0 Å². The lowest BCUT2D eigenvalue weighted by Gasteiger charge is -2.15. The number of nitrogens with one attached hydrogen (secondary N) is 1. The number of hydrogen-bond donors (Lipinski definition) is 2. The molecule has 1 rings (SSSR count). The van der Waals surface area contributed by atoms with E-state index in [0.29, 0.717) is 10.7 Å². The summed E-state index contributed by atoms with van der Waals surface area (Å²) in [6.45, 7) is -0.896. The molecule has 1 atom stereocenters. The molecule has 0 aliphatic carbocycles. The number of halogens is 6. The van der Waals surface area contributed by atoms with Gasteiger partial charge in [0.15, 0.2) is 5.69 Å². The van der Waals surface area contributed by atoms with Crippen molar-refractivity contribution < 1.29 is 41.0 Å². The van der Waals surface area contributed by atoms with Gasteiger partial charge in [-0.1, -0.05) is 0 Å². The van der Waals surface area contributed by atoms with Gasteiger partial charge in [0.1, 0.15) is 6.04 Å². The van der Waals surface area contributed by atoms with E-state index in [2.05, 4.69) is 5.10 Å². The van der Waals surface area contributed by atoms with Crippen LogP contribution in [0.5, 0.6) is 0 Å². The zero-order valence-electron chi connectivity index (χ0n) is 9.87. The van der Waals surface area contributed by atoms with E-state index >= 15 is 0 Å². The third-order valence-corrected chi connectivity index (χ3v) is 2.16. The molecule has 2 N–H and O–H groups in total. The minimum absolute atomic E-state index is 0.471. The van der Waals surface area contributed by atoms with Crippen LogP contribution in [0.2, 0.25) is 0 Å². The van der Waals surface area contributed by atoms with Crippen LogP contribution in [0.3, 0.4) is 0 Å². The first kappa shape index (κ1) is 16.8. The summed E-state index contributed by atoms with van der Waals surface area (Å²) in [4.78, 5) is 21.3. The van der Waals surface area contributed by atoms with Gasteiger partial charge in [-0.2, -0.15) is 31.4 Å². The number of carboxylic acid groups (broad SMARTS) is 1. The average molecular weight is 319 g/mol. The lowest BCUT2D eigenvalue weighted by atomic mass is 10.3. The Morgan fingerprint density at radius 3 is 2.24 bits per heavy atom. The molecule has 118 valence electrons. The van der Waals surface area contributed by atoms with Crippen molar-refractivity contribution in [2.75, 3.05) is 0 Å². The number of carbonyl (C=O) groups is 2. The number of aliphatic carboxylic acids is 1. The maximum Gasteiger partial charge on any atom is 0.471 e. The van der Waals surface area contributed by atoms with Gasteiger partial charge in [0, 0.05) is 6.20 Å². The fourth-order valence-electron chi connectivity index (χ4n) is 1.23. The predicted octanol–water partition coefficient (Wildman–Crippen LogP) is 1.03. The van der Waals surface area contributed by atoms with Crippen molar-refractivity contribution in [1.29, 1.82) is 0 Å². The molecule has 0 aromatic carbocycles. The molecule has 1 heterocycles. The van der Waals surface area contributed by atoms with Gasteiger partial charge >= 0.3 is 24.2 Å². The van der Waals surface area contributed by atoms with E-state index in [1.807, 2.05) is 0 Å². The summed E-state index contributed by atoms with van der Waals surface area (Å²) in [5.41, 5.74) is -1.34. The number of carbonyl (C=O) groups excluding carboxylic acids is 1. The number of aromatic nitrogens is 2. The molecule has 0 aliphatic heterocycles. The van der Waals surface area contributed by atoms with Crippen LogP contribution in [0.25, 0.3) is 0 Å². The zero-order valence-corrected chi connectivity index (χ0v) is 9.87. The number of carboxylic acids is 1. The smallest absolute Gasteiger partial charge is 0.471 e. The lowest BCUT2D eigenvalue weighted by Crippen LogP contribution is -2.48. The number of nitrogens with zero attached hydrogens (tertiary/aromatic N) is 2. The summed E-state index contributed by atoms with van der Waals surface area (Å²) >= 11 is 0. The molecule has 0 bridgehead atoms. The number of hydrogen-bond acceptors (Lipinski definition) is 3. The molecule has 12 heteroatoms. The summed E-state index contributed by atoms with van der Waals surface area (Å²) < 4.78 is 73.2. The van der Waals surface area contributed by atoms with E-state index in [1.54, 1.807) is 0 Å². The van der Waals surface area contributed by atoms with Gasteiger partial charge in [-0.15, -0.1) is 0 Å². The first-order valence-electron chi connectivity index (χ1n) is 5.12. The molecule has 1 aromatic heterocycles. The number of amides is 1. The van der Waals surface area contributed by atoms with Crippen LogP contribution in [0, 0.1) is 0 Å². The Bertz CT molecular complexity index is 536. The molecule has 0 fully saturated rings. The van der Waals surface area contributed by atoms with E-state index in [0.717, 1.165) is 11.5 Å². The number of rotatable bonds is 4. The quantitative estimate of drug-likeness (QED) is 0.812. The third-order valence-electron chi connectivity index (χ3n) is 2.16. The topological polar surface area (TPSA) is 84.2 Å². The van der Waals surface area contributed by atoms with E-state index < -0.39 is 42.5 Å². The molecule has 0 saturated carbocycles. The van der Waals surface area contributed by atoms with E-state index in [4.69, 9.17) is 5.11 Å². The first-order valence-corrected chi connectivity index (χ1v) is 5.12. The molecule has 6 nitrogen and oxygen atoms in total. The molecule has 0 aliphatic rings. The van der Waals surface area contributed by atoms with Gasteiger partial charge in [0.05, 0.1) is 6.54 Å². The van der Waals surface area contributed by atoms with Crippen molar-refractivity contribution >= 4 is 11.9 Å². The second-order valence-corrected chi connectivity index (χ2v) is 3.78. The summed E-state index contributed by atoms with van der Waals surface area (Å²) in [6, 6.07) is -1.56. The molecular weight excluding hydrogens is 312 g/mol. The Hall–Kier alpha value is -2.27. The maximum atomic E-state index is 12.3. The second-order valence-electron chi connectivity index (χ2n) is 3.78. The molecule has 0 spiro atoms. The Kier molecular flexibility index (Phi) is 4.49. The van der Waals surface area contributed by atoms with Crippen LogP contribution in [-0.4, -0.2) is 39.0 Å². The van der Waals surface area contributed by atoms with E-state index in [-0.39, 0.29) is 0 Å². The van der Waals surface area contributed by atoms with Crippen LogP contribution < -0.4 is 5.32 Å². The van der Waals surface area contributed by atoms with Crippen molar-refractivity contribution in [2.45, 2.75) is 24.9 Å². The Balaban J connectivity index is 2.83. The normalized spacial score (nSPS) is 13.8. The minimum atomic E-state index is -5.31. The summed E-state index contributed by atoms with van der Waals surface area (Å²) in [7, 11) is 0. The van der Waals surface area contributed by atoms with Crippen molar-refractivity contribution in [2.24, 2.45) is 0 Å². The van der Waals surface area contributed by atoms with Gasteiger partial charge in [-0.05, 0) is 6.07 Å². The standard InChI is InChI=1S/C9H7F6N3O3/c10-8(11,12)5-1-2-18(17-5)3-4(6(19)20)16-7(21)9(13,14)15/h1-2,4H,3H2,(H,16,21)(H,19,20). The molecular formula is C9H7F6N3O3. The van der Waals surface area contributed by atoms with Gasteiger partial charge in [-0.25, -0.2) is 4.79 Å².